The van der Waals surface area contributed by atoms with Crippen LogP contribution in [-0.2, 0) is 6.54 Å². The topological polar surface area (TPSA) is 42.2 Å². The van der Waals surface area contributed by atoms with Gasteiger partial charge in [-0.25, -0.2) is 0 Å². The van der Waals surface area contributed by atoms with Gasteiger partial charge in [0, 0.05) is 31.0 Å². The standard InChI is InChI=1S/C13H21N3/c1-13(10-14,12-5-6-12)16(2)9-11-4-3-7-15-8-11/h3-4,7-8,12H,5-6,9-10,14H2,1-2H3. The van der Waals surface area contributed by atoms with Crippen LogP contribution in [0.2, 0.25) is 0 Å². The van der Waals surface area contributed by atoms with Crippen LogP contribution in [-0.4, -0.2) is 29.0 Å². The van der Waals surface area contributed by atoms with Crippen molar-refractivity contribution in [1.82, 2.24) is 9.88 Å². The van der Waals surface area contributed by atoms with Gasteiger partial charge in [-0.3, -0.25) is 9.88 Å². The maximum absolute atomic E-state index is 5.95. The van der Waals surface area contributed by atoms with Crippen molar-refractivity contribution >= 4 is 0 Å². The number of hydrogen-bond donors (Lipinski definition) is 1. The number of nitrogens with zero attached hydrogens (tertiary/aromatic N) is 2. The van der Waals surface area contributed by atoms with E-state index in [0.29, 0.717) is 0 Å². The zero-order valence-electron chi connectivity index (χ0n) is 10.2. The van der Waals surface area contributed by atoms with Crippen molar-refractivity contribution in [3.8, 4) is 0 Å². The Morgan fingerprint density at radius 3 is 2.81 bits per heavy atom. The molecule has 1 atom stereocenters. The van der Waals surface area contributed by atoms with Gasteiger partial charge in [0.15, 0.2) is 0 Å². The van der Waals surface area contributed by atoms with Crippen molar-refractivity contribution < 1.29 is 0 Å². The Hall–Kier alpha value is -0.930. The van der Waals surface area contributed by atoms with Gasteiger partial charge in [0.2, 0.25) is 0 Å². The van der Waals surface area contributed by atoms with Gasteiger partial charge in [-0.15, -0.1) is 0 Å². The molecule has 1 unspecified atom stereocenters. The third-order valence-electron chi connectivity index (χ3n) is 3.88. The van der Waals surface area contributed by atoms with E-state index in [4.69, 9.17) is 5.73 Å². The molecule has 2 rings (SSSR count). The number of nitrogens with two attached hydrogens (primary N) is 1. The molecule has 16 heavy (non-hydrogen) atoms. The molecular weight excluding hydrogens is 198 g/mol. The van der Waals surface area contributed by atoms with Crippen LogP contribution in [0.1, 0.15) is 25.3 Å². The van der Waals surface area contributed by atoms with Crippen molar-refractivity contribution in [2.75, 3.05) is 13.6 Å². The maximum Gasteiger partial charge on any atom is 0.0332 e. The number of aromatic nitrogens is 1. The fraction of sp³-hybridized carbons (Fsp3) is 0.615. The molecule has 88 valence electrons. The van der Waals surface area contributed by atoms with Crippen LogP contribution in [0.4, 0.5) is 0 Å². The second kappa shape index (κ2) is 4.52. The smallest absolute Gasteiger partial charge is 0.0332 e. The van der Waals surface area contributed by atoms with E-state index in [1.165, 1.54) is 18.4 Å². The summed E-state index contributed by atoms with van der Waals surface area (Å²) in [4.78, 5) is 6.52. The Bertz CT molecular complexity index is 334. The molecular formula is C13H21N3. The number of likely N-dealkylation sites (N-methyl/N-ethyl adjacent to an activating group) is 1. The van der Waals surface area contributed by atoms with E-state index in [-0.39, 0.29) is 5.54 Å². The van der Waals surface area contributed by atoms with Gasteiger partial charge in [-0.1, -0.05) is 6.07 Å². The minimum atomic E-state index is 0.149. The lowest BCUT2D eigenvalue weighted by Crippen LogP contribution is -2.51. The third-order valence-corrected chi connectivity index (χ3v) is 3.88. The predicted octanol–water partition coefficient (Wildman–Crippen LogP) is 1.64. The molecule has 1 heterocycles. The van der Waals surface area contributed by atoms with Gasteiger partial charge in [0.05, 0.1) is 0 Å². The molecule has 0 amide bonds. The van der Waals surface area contributed by atoms with Gasteiger partial charge in [-0.05, 0) is 44.4 Å². The fourth-order valence-corrected chi connectivity index (χ4v) is 2.29. The Kier molecular flexibility index (Phi) is 3.26. The summed E-state index contributed by atoms with van der Waals surface area (Å²) >= 11 is 0. The first-order valence-corrected chi connectivity index (χ1v) is 5.97. The van der Waals surface area contributed by atoms with Crippen LogP contribution in [0.25, 0.3) is 0 Å². The first-order chi connectivity index (χ1) is 7.66. The van der Waals surface area contributed by atoms with Crippen LogP contribution in [0, 0.1) is 5.92 Å². The van der Waals surface area contributed by atoms with Crippen molar-refractivity contribution in [3.63, 3.8) is 0 Å². The molecule has 0 bridgehead atoms. The molecule has 3 nitrogen and oxygen atoms in total. The van der Waals surface area contributed by atoms with E-state index in [1.54, 1.807) is 0 Å². The quantitative estimate of drug-likeness (QED) is 0.818. The maximum atomic E-state index is 5.95. The predicted molar refractivity (Wildman–Crippen MR) is 65.9 cm³/mol. The highest BCUT2D eigenvalue weighted by Gasteiger charge is 2.43. The molecule has 0 saturated heterocycles. The lowest BCUT2D eigenvalue weighted by molar-refractivity contribution is 0.112. The van der Waals surface area contributed by atoms with E-state index in [0.717, 1.165) is 19.0 Å². The van der Waals surface area contributed by atoms with Gasteiger partial charge in [0.25, 0.3) is 0 Å². The summed E-state index contributed by atoms with van der Waals surface area (Å²) in [6, 6.07) is 4.10. The van der Waals surface area contributed by atoms with Crippen LogP contribution in [0.3, 0.4) is 0 Å². The average Bonchev–Trinajstić information content (AvgIpc) is 3.13. The molecule has 1 aromatic heterocycles. The van der Waals surface area contributed by atoms with Crippen molar-refractivity contribution in [2.24, 2.45) is 11.7 Å². The van der Waals surface area contributed by atoms with Gasteiger partial charge < -0.3 is 5.73 Å². The SMILES string of the molecule is CN(Cc1cccnc1)C(C)(CN)C1CC1. The molecule has 1 fully saturated rings. The molecule has 0 aromatic carbocycles. The molecule has 0 aliphatic heterocycles. The Labute approximate surface area is 97.7 Å². The van der Waals surface area contributed by atoms with Crippen LogP contribution in [0.5, 0.6) is 0 Å². The molecule has 1 aliphatic rings. The fourth-order valence-electron chi connectivity index (χ4n) is 2.29. The summed E-state index contributed by atoms with van der Waals surface area (Å²) in [6.45, 7) is 3.94. The summed E-state index contributed by atoms with van der Waals surface area (Å²) in [6.07, 6.45) is 6.39. The lowest BCUT2D eigenvalue weighted by atomic mass is 9.93. The Balaban J connectivity index is 2.04. The summed E-state index contributed by atoms with van der Waals surface area (Å²) in [5.74, 6) is 0.777. The first-order valence-electron chi connectivity index (χ1n) is 5.97. The van der Waals surface area contributed by atoms with E-state index >= 15 is 0 Å². The highest BCUT2D eigenvalue weighted by molar-refractivity contribution is 5.10. The lowest BCUT2D eigenvalue weighted by Gasteiger charge is -2.38. The average molecular weight is 219 g/mol. The summed E-state index contributed by atoms with van der Waals surface area (Å²) in [5.41, 5.74) is 7.35. The molecule has 2 N–H and O–H groups in total. The normalized spacial score (nSPS) is 19.8. The number of pyridine rings is 1. The molecule has 3 heteroatoms. The highest BCUT2D eigenvalue weighted by atomic mass is 15.2. The van der Waals surface area contributed by atoms with Crippen LogP contribution < -0.4 is 5.73 Å². The van der Waals surface area contributed by atoms with Crippen molar-refractivity contribution in [3.05, 3.63) is 30.1 Å². The van der Waals surface area contributed by atoms with E-state index < -0.39 is 0 Å². The minimum Gasteiger partial charge on any atom is -0.329 e. The minimum absolute atomic E-state index is 0.149. The zero-order chi connectivity index (χ0) is 11.6. The van der Waals surface area contributed by atoms with Gasteiger partial charge in [0.1, 0.15) is 0 Å². The summed E-state index contributed by atoms with van der Waals surface area (Å²) < 4.78 is 0. The molecule has 1 saturated carbocycles. The van der Waals surface area contributed by atoms with E-state index in [2.05, 4.69) is 29.9 Å². The Morgan fingerprint density at radius 1 is 1.56 bits per heavy atom. The largest absolute Gasteiger partial charge is 0.329 e. The second-order valence-corrected chi connectivity index (χ2v) is 5.05. The summed E-state index contributed by atoms with van der Waals surface area (Å²) in [5, 5.41) is 0. The van der Waals surface area contributed by atoms with Crippen molar-refractivity contribution in [2.45, 2.75) is 31.8 Å². The molecule has 1 aromatic rings. The monoisotopic (exact) mass is 219 g/mol. The second-order valence-electron chi connectivity index (χ2n) is 5.05. The van der Waals surface area contributed by atoms with Gasteiger partial charge >= 0.3 is 0 Å². The van der Waals surface area contributed by atoms with Crippen molar-refractivity contribution in [1.29, 1.82) is 0 Å². The van der Waals surface area contributed by atoms with Gasteiger partial charge in [-0.2, -0.15) is 0 Å². The Morgan fingerprint density at radius 2 is 2.31 bits per heavy atom. The molecule has 1 aliphatic carbocycles. The van der Waals surface area contributed by atoms with E-state index in [1.807, 2.05) is 18.5 Å². The number of hydrogen-bond acceptors (Lipinski definition) is 3. The molecule has 0 spiro atoms. The third kappa shape index (κ3) is 2.25. The first kappa shape index (κ1) is 11.6. The molecule has 0 radical (unpaired) electrons. The van der Waals surface area contributed by atoms with Crippen LogP contribution in [0.15, 0.2) is 24.5 Å². The summed E-state index contributed by atoms with van der Waals surface area (Å²) in [7, 11) is 2.16. The van der Waals surface area contributed by atoms with Crippen LogP contribution >= 0.6 is 0 Å². The number of rotatable bonds is 5. The zero-order valence-corrected chi connectivity index (χ0v) is 10.2. The highest BCUT2D eigenvalue weighted by Crippen LogP contribution is 2.42. The van der Waals surface area contributed by atoms with E-state index in [9.17, 15) is 0 Å².